The fraction of sp³-hybridized carbons (Fsp3) is 0.367. The van der Waals surface area contributed by atoms with Gasteiger partial charge in [-0.1, -0.05) is 45.0 Å². The Labute approximate surface area is 233 Å². The maximum atomic E-state index is 13.7. The first-order valence-corrected chi connectivity index (χ1v) is 13.8. The topological polar surface area (TPSA) is 115 Å². The minimum atomic E-state index is -0.822. The van der Waals surface area contributed by atoms with Crippen LogP contribution in [0.1, 0.15) is 60.8 Å². The zero-order chi connectivity index (χ0) is 28.2. The number of aromatic nitrogens is 1. The van der Waals surface area contributed by atoms with Gasteiger partial charge in [0.15, 0.2) is 0 Å². The number of carbonyl (C=O) groups excluding carboxylic acids is 3. The number of hydrogen-bond donors (Lipinski definition) is 2. The molecule has 1 unspecified atom stereocenters. The summed E-state index contributed by atoms with van der Waals surface area (Å²) >= 11 is 1.60. The average molecular weight is 544 g/mol. The lowest BCUT2D eigenvalue weighted by Gasteiger charge is -2.35. The molecule has 0 spiro atoms. The Morgan fingerprint density at radius 1 is 1.13 bits per heavy atom. The Bertz CT molecular complexity index is 1380. The first-order valence-electron chi connectivity index (χ1n) is 13.0. The molecule has 39 heavy (non-hydrogen) atoms. The molecule has 1 saturated heterocycles. The monoisotopic (exact) mass is 543 g/mol. The van der Waals surface area contributed by atoms with E-state index in [2.05, 4.69) is 15.6 Å². The number of nitriles is 1. The molecule has 1 aliphatic rings. The molecule has 0 bridgehead atoms. The molecule has 202 valence electrons. The zero-order valence-electron chi connectivity index (χ0n) is 22.7. The van der Waals surface area contributed by atoms with Crippen LogP contribution in [0.3, 0.4) is 0 Å². The van der Waals surface area contributed by atoms with E-state index in [1.165, 1.54) is 0 Å². The zero-order valence-corrected chi connectivity index (χ0v) is 23.5. The first-order chi connectivity index (χ1) is 18.6. The number of nitrogens with one attached hydrogen (secondary N) is 2. The summed E-state index contributed by atoms with van der Waals surface area (Å²) in [5.41, 5.74) is 5.11. The molecule has 2 aromatic carbocycles. The summed E-state index contributed by atoms with van der Waals surface area (Å²) < 4.78 is 0. The van der Waals surface area contributed by atoms with Crippen LogP contribution in [0.25, 0.3) is 10.4 Å². The molecular formula is C30H33N5O3S. The number of aryl methyl sites for hydroxylation is 1. The number of rotatable bonds is 7. The maximum absolute atomic E-state index is 13.7. The summed E-state index contributed by atoms with van der Waals surface area (Å²) in [7, 11) is 0. The van der Waals surface area contributed by atoms with Gasteiger partial charge >= 0.3 is 0 Å². The van der Waals surface area contributed by atoms with Gasteiger partial charge in [-0.2, -0.15) is 5.26 Å². The van der Waals surface area contributed by atoms with Gasteiger partial charge in [0, 0.05) is 18.7 Å². The third-order valence-corrected chi connectivity index (χ3v) is 7.91. The summed E-state index contributed by atoms with van der Waals surface area (Å²) in [6, 6.07) is 14.9. The summed E-state index contributed by atoms with van der Waals surface area (Å²) in [6.07, 6.45) is 1.29. The summed E-state index contributed by atoms with van der Waals surface area (Å²) in [4.78, 5) is 46.9. The van der Waals surface area contributed by atoms with Crippen molar-refractivity contribution in [1.82, 2.24) is 20.5 Å². The second kappa shape index (κ2) is 11.8. The van der Waals surface area contributed by atoms with Crippen LogP contribution in [0.15, 0.2) is 54.0 Å². The third-order valence-electron chi connectivity index (χ3n) is 6.93. The van der Waals surface area contributed by atoms with Gasteiger partial charge in [0.2, 0.25) is 11.8 Å². The molecule has 0 aliphatic carbocycles. The molecule has 0 radical (unpaired) electrons. The van der Waals surface area contributed by atoms with Crippen LogP contribution in [-0.4, -0.2) is 46.2 Å². The van der Waals surface area contributed by atoms with Crippen molar-refractivity contribution < 1.29 is 14.4 Å². The lowest BCUT2D eigenvalue weighted by molar-refractivity contribution is -0.141. The molecule has 1 fully saturated rings. The number of thiazole rings is 1. The predicted octanol–water partition coefficient (Wildman–Crippen LogP) is 4.44. The Kier molecular flexibility index (Phi) is 8.46. The predicted molar refractivity (Wildman–Crippen MR) is 151 cm³/mol. The molecule has 3 aromatic rings. The van der Waals surface area contributed by atoms with Gasteiger partial charge in [0.25, 0.3) is 5.91 Å². The van der Waals surface area contributed by atoms with Crippen LogP contribution in [0, 0.1) is 23.7 Å². The van der Waals surface area contributed by atoms with E-state index in [0.29, 0.717) is 37.1 Å². The van der Waals surface area contributed by atoms with Crippen molar-refractivity contribution in [3.63, 3.8) is 0 Å². The van der Waals surface area contributed by atoms with E-state index in [1.54, 1.807) is 40.5 Å². The lowest BCUT2D eigenvalue weighted by atomic mass is 9.85. The molecule has 8 nitrogen and oxygen atoms in total. The standard InChI is InChI=1S/C30H33N5O3S/c1-19-25(39-18-33-19)22-11-9-21(10-12-22)17-32-28(37)24-6-5-15-35(24)29(38)26(30(2,3)4)34-27(36)23-13-7-20(16-31)8-14-23/h7-14,18,24,26H,5-6,15,17H2,1-4H3,(H,32,37)(H,34,36)/t24-,26?/m0/s1. The van der Waals surface area contributed by atoms with Crippen molar-refractivity contribution in [2.75, 3.05) is 6.54 Å². The Morgan fingerprint density at radius 2 is 1.82 bits per heavy atom. The SMILES string of the molecule is Cc1ncsc1-c1ccc(CNC(=O)[C@@H]2CCCN2C(=O)C(NC(=O)c2ccc(C#N)cc2)C(C)(C)C)cc1. The molecule has 1 aliphatic heterocycles. The van der Waals surface area contributed by atoms with Crippen LogP contribution in [0.2, 0.25) is 0 Å². The van der Waals surface area contributed by atoms with E-state index in [-0.39, 0.29) is 11.8 Å². The van der Waals surface area contributed by atoms with Gasteiger partial charge in [-0.15, -0.1) is 11.3 Å². The quantitative estimate of drug-likeness (QED) is 0.457. The van der Waals surface area contributed by atoms with Crippen molar-refractivity contribution in [1.29, 1.82) is 5.26 Å². The number of carbonyl (C=O) groups is 3. The Balaban J connectivity index is 1.41. The van der Waals surface area contributed by atoms with Crippen molar-refractivity contribution in [2.45, 2.75) is 59.2 Å². The fourth-order valence-corrected chi connectivity index (χ4v) is 5.50. The van der Waals surface area contributed by atoms with Gasteiger partial charge in [0.1, 0.15) is 12.1 Å². The van der Waals surface area contributed by atoms with Crippen molar-refractivity contribution in [3.05, 3.63) is 76.4 Å². The number of nitrogens with zero attached hydrogens (tertiary/aromatic N) is 3. The minimum Gasteiger partial charge on any atom is -0.350 e. The third kappa shape index (κ3) is 6.52. The summed E-state index contributed by atoms with van der Waals surface area (Å²) in [6.45, 7) is 8.46. The van der Waals surface area contributed by atoms with E-state index in [0.717, 1.165) is 21.7 Å². The number of amides is 3. The van der Waals surface area contributed by atoms with Crippen LogP contribution >= 0.6 is 11.3 Å². The maximum Gasteiger partial charge on any atom is 0.251 e. The molecular weight excluding hydrogens is 510 g/mol. The highest BCUT2D eigenvalue weighted by Crippen LogP contribution is 2.28. The normalized spacial score (nSPS) is 15.9. The van der Waals surface area contributed by atoms with E-state index < -0.39 is 23.4 Å². The molecule has 2 atom stereocenters. The Hall–Kier alpha value is -4.03. The van der Waals surface area contributed by atoms with Crippen LogP contribution < -0.4 is 10.6 Å². The molecule has 1 aromatic heterocycles. The van der Waals surface area contributed by atoms with Crippen LogP contribution in [0.4, 0.5) is 0 Å². The summed E-state index contributed by atoms with van der Waals surface area (Å²) in [5, 5.41) is 14.9. The van der Waals surface area contributed by atoms with Crippen LogP contribution in [-0.2, 0) is 16.1 Å². The van der Waals surface area contributed by atoms with E-state index in [1.807, 2.05) is 63.5 Å². The number of benzene rings is 2. The van der Waals surface area contributed by atoms with E-state index in [4.69, 9.17) is 5.26 Å². The minimum absolute atomic E-state index is 0.200. The molecule has 2 heterocycles. The average Bonchev–Trinajstić information content (AvgIpc) is 3.59. The van der Waals surface area contributed by atoms with Crippen LogP contribution in [0.5, 0.6) is 0 Å². The highest BCUT2D eigenvalue weighted by atomic mass is 32.1. The van der Waals surface area contributed by atoms with Crippen molar-refractivity contribution >= 4 is 29.1 Å². The molecule has 4 rings (SSSR count). The smallest absolute Gasteiger partial charge is 0.251 e. The van der Waals surface area contributed by atoms with Gasteiger partial charge in [-0.25, -0.2) is 4.98 Å². The van der Waals surface area contributed by atoms with Crippen molar-refractivity contribution in [3.8, 4) is 16.5 Å². The molecule has 3 amide bonds. The molecule has 9 heteroatoms. The van der Waals surface area contributed by atoms with E-state index >= 15 is 0 Å². The number of hydrogen-bond acceptors (Lipinski definition) is 6. The number of likely N-dealkylation sites (tertiary alicyclic amines) is 1. The second-order valence-corrected chi connectivity index (χ2v) is 11.7. The van der Waals surface area contributed by atoms with Gasteiger partial charge < -0.3 is 15.5 Å². The highest BCUT2D eigenvalue weighted by molar-refractivity contribution is 7.13. The van der Waals surface area contributed by atoms with Crippen molar-refractivity contribution in [2.24, 2.45) is 5.41 Å². The van der Waals surface area contributed by atoms with E-state index in [9.17, 15) is 14.4 Å². The highest BCUT2D eigenvalue weighted by Gasteiger charge is 2.41. The first kappa shape index (κ1) is 28.0. The lowest BCUT2D eigenvalue weighted by Crippen LogP contribution is -2.57. The molecule has 0 saturated carbocycles. The second-order valence-electron chi connectivity index (χ2n) is 10.8. The van der Waals surface area contributed by atoms with Gasteiger partial charge in [-0.3, -0.25) is 14.4 Å². The molecule has 2 N–H and O–H groups in total. The Morgan fingerprint density at radius 3 is 2.41 bits per heavy atom. The van der Waals surface area contributed by atoms with Gasteiger partial charge in [-0.05, 0) is 60.6 Å². The van der Waals surface area contributed by atoms with Gasteiger partial charge in [0.05, 0.1) is 27.7 Å². The summed E-state index contributed by atoms with van der Waals surface area (Å²) in [5.74, 6) is -0.870. The largest absolute Gasteiger partial charge is 0.350 e. The fourth-order valence-electron chi connectivity index (χ4n) is 4.69.